The number of nitriles is 1. The van der Waals surface area contributed by atoms with Gasteiger partial charge in [-0.15, -0.1) is 0 Å². The first kappa shape index (κ1) is 16.8. The number of para-hydroxylation sites is 1. The first-order valence-electron chi connectivity index (χ1n) is 8.23. The van der Waals surface area contributed by atoms with Crippen LogP contribution < -0.4 is 16.2 Å². The van der Waals surface area contributed by atoms with Crippen molar-refractivity contribution in [1.82, 2.24) is 9.88 Å². The molecule has 1 aliphatic carbocycles. The van der Waals surface area contributed by atoms with Crippen LogP contribution in [0.3, 0.4) is 0 Å². The molecule has 0 radical (unpaired) electrons. The highest BCUT2D eigenvalue weighted by atomic mass is 16.1. The fraction of sp³-hybridized carbons (Fsp3) is 0.316. The summed E-state index contributed by atoms with van der Waals surface area (Å²) < 4.78 is 1.51. The number of nitrogens with one attached hydrogen (secondary N) is 2. The van der Waals surface area contributed by atoms with Crippen molar-refractivity contribution < 1.29 is 4.79 Å². The van der Waals surface area contributed by atoms with Crippen molar-refractivity contribution in [2.75, 3.05) is 11.9 Å². The van der Waals surface area contributed by atoms with E-state index in [0.29, 0.717) is 18.2 Å². The van der Waals surface area contributed by atoms with Crippen LogP contribution in [0.2, 0.25) is 0 Å². The van der Waals surface area contributed by atoms with Gasteiger partial charge in [-0.05, 0) is 30.9 Å². The third-order valence-electron chi connectivity index (χ3n) is 4.75. The molecule has 1 saturated carbocycles. The minimum Gasteiger partial charge on any atom is -0.381 e. The number of fused-ring (bicyclic) bond motifs is 1. The lowest BCUT2D eigenvalue weighted by Crippen LogP contribution is -2.42. The lowest BCUT2D eigenvalue weighted by atomic mass is 9.80. The number of rotatable bonds is 5. The molecule has 25 heavy (non-hydrogen) atoms. The van der Waals surface area contributed by atoms with Crippen molar-refractivity contribution in [3.8, 4) is 6.07 Å². The predicted molar refractivity (Wildman–Crippen MR) is 97.2 cm³/mol. The van der Waals surface area contributed by atoms with E-state index in [1.54, 1.807) is 7.05 Å². The Morgan fingerprint density at radius 3 is 2.84 bits per heavy atom. The van der Waals surface area contributed by atoms with Gasteiger partial charge in [0.1, 0.15) is 11.6 Å². The summed E-state index contributed by atoms with van der Waals surface area (Å²) in [5.41, 5.74) is 1.25. The van der Waals surface area contributed by atoms with Crippen LogP contribution in [0, 0.1) is 17.2 Å². The van der Waals surface area contributed by atoms with Crippen LogP contribution in [0.15, 0.2) is 41.7 Å². The fourth-order valence-electron chi connectivity index (χ4n) is 3.29. The highest BCUT2D eigenvalue weighted by Gasteiger charge is 2.30. The molecule has 128 valence electrons. The van der Waals surface area contributed by atoms with E-state index < -0.39 is 0 Å². The maximum atomic E-state index is 12.4. The first-order valence-corrected chi connectivity index (χ1v) is 8.23. The average Bonchev–Trinajstić information content (AvgIpc) is 2.60. The number of benzene rings is 1. The molecule has 1 aromatic heterocycles. The fourth-order valence-corrected chi connectivity index (χ4v) is 3.29. The zero-order valence-corrected chi connectivity index (χ0v) is 14.1. The van der Waals surface area contributed by atoms with Gasteiger partial charge in [0.25, 0.3) is 5.56 Å². The number of nitrogens with zero attached hydrogens (tertiary/aromatic N) is 2. The summed E-state index contributed by atoms with van der Waals surface area (Å²) in [6.07, 6.45) is 3.02. The molecule has 1 aliphatic rings. The number of hydrogen-bond acceptors (Lipinski definition) is 4. The lowest BCUT2D eigenvalue weighted by molar-refractivity contribution is -0.116. The van der Waals surface area contributed by atoms with Crippen LogP contribution in [0.1, 0.15) is 18.4 Å². The van der Waals surface area contributed by atoms with Gasteiger partial charge in [0, 0.05) is 25.0 Å². The normalized spacial score (nSPS) is 18.9. The van der Waals surface area contributed by atoms with Crippen molar-refractivity contribution in [2.24, 2.45) is 13.0 Å². The highest BCUT2D eigenvalue weighted by molar-refractivity contribution is 5.94. The van der Waals surface area contributed by atoms with Crippen LogP contribution in [0.4, 0.5) is 5.69 Å². The Kier molecular flexibility index (Phi) is 4.57. The number of aryl methyl sites for hydroxylation is 1. The van der Waals surface area contributed by atoms with Crippen LogP contribution in [-0.4, -0.2) is 23.1 Å². The SMILES string of the molecule is C=CC(=O)NCC1CC(Nc2c(C#N)c(=O)n(C)c3ccccc23)C1. The molecule has 2 N–H and O–H groups in total. The third kappa shape index (κ3) is 3.13. The lowest BCUT2D eigenvalue weighted by Gasteiger charge is -2.37. The van der Waals surface area contributed by atoms with E-state index in [1.807, 2.05) is 30.3 Å². The Morgan fingerprint density at radius 1 is 1.44 bits per heavy atom. The molecule has 0 spiro atoms. The topological polar surface area (TPSA) is 86.9 Å². The Labute approximate surface area is 145 Å². The molecule has 1 fully saturated rings. The van der Waals surface area contributed by atoms with E-state index in [1.165, 1.54) is 10.6 Å². The Bertz CT molecular complexity index is 933. The summed E-state index contributed by atoms with van der Waals surface area (Å²) in [4.78, 5) is 23.7. The van der Waals surface area contributed by atoms with Crippen molar-refractivity contribution >= 4 is 22.5 Å². The standard InChI is InChI=1S/C19H20N4O2/c1-3-17(24)21-11-12-8-13(9-12)22-18-14-6-4-5-7-16(14)23(2)19(25)15(18)10-20/h3-7,12-13,22H,1,8-9,11H2,2H3,(H,21,24). The van der Waals surface area contributed by atoms with E-state index in [9.17, 15) is 14.9 Å². The molecule has 0 atom stereocenters. The predicted octanol–water partition coefficient (Wildman–Crippen LogP) is 1.90. The second-order valence-electron chi connectivity index (χ2n) is 6.37. The molecule has 1 amide bonds. The van der Waals surface area contributed by atoms with Crippen LogP contribution >= 0.6 is 0 Å². The smallest absolute Gasteiger partial charge is 0.270 e. The molecule has 6 heteroatoms. The maximum absolute atomic E-state index is 12.4. The number of pyridine rings is 1. The zero-order chi connectivity index (χ0) is 18.0. The Hall–Kier alpha value is -3.07. The van der Waals surface area contributed by atoms with E-state index >= 15 is 0 Å². The van der Waals surface area contributed by atoms with Gasteiger partial charge < -0.3 is 15.2 Å². The minimum absolute atomic E-state index is 0.143. The summed E-state index contributed by atoms with van der Waals surface area (Å²) in [7, 11) is 1.68. The zero-order valence-electron chi connectivity index (χ0n) is 14.1. The van der Waals surface area contributed by atoms with Gasteiger partial charge in [-0.2, -0.15) is 5.26 Å². The largest absolute Gasteiger partial charge is 0.381 e. The average molecular weight is 336 g/mol. The van der Waals surface area contributed by atoms with Crippen LogP contribution in [0.25, 0.3) is 10.9 Å². The summed E-state index contributed by atoms with van der Waals surface area (Å²) in [5.74, 6) is 0.227. The number of anilines is 1. The Morgan fingerprint density at radius 2 is 2.16 bits per heavy atom. The quantitative estimate of drug-likeness (QED) is 0.817. The second-order valence-corrected chi connectivity index (χ2v) is 6.37. The van der Waals surface area contributed by atoms with Gasteiger partial charge >= 0.3 is 0 Å². The van der Waals surface area contributed by atoms with Crippen molar-refractivity contribution in [3.05, 3.63) is 52.8 Å². The van der Waals surface area contributed by atoms with Crippen LogP contribution in [0.5, 0.6) is 0 Å². The molecule has 0 bridgehead atoms. The van der Waals surface area contributed by atoms with Gasteiger partial charge in [0.15, 0.2) is 0 Å². The van der Waals surface area contributed by atoms with E-state index in [-0.39, 0.29) is 23.1 Å². The highest BCUT2D eigenvalue weighted by Crippen LogP contribution is 2.33. The van der Waals surface area contributed by atoms with Crippen molar-refractivity contribution in [2.45, 2.75) is 18.9 Å². The molecular formula is C19H20N4O2. The molecule has 1 aromatic carbocycles. The molecule has 0 unspecified atom stereocenters. The van der Waals surface area contributed by atoms with Gasteiger partial charge in [-0.25, -0.2) is 0 Å². The number of carbonyl (C=O) groups excluding carboxylic acids is 1. The maximum Gasteiger partial charge on any atom is 0.270 e. The summed E-state index contributed by atoms with van der Waals surface area (Å²) in [5, 5.41) is 16.5. The number of aromatic nitrogens is 1. The van der Waals surface area contributed by atoms with Crippen LogP contribution in [-0.2, 0) is 11.8 Å². The van der Waals surface area contributed by atoms with Gasteiger partial charge in [0.05, 0.1) is 11.2 Å². The van der Waals surface area contributed by atoms with Crippen molar-refractivity contribution in [1.29, 1.82) is 5.26 Å². The number of amides is 1. The Balaban J connectivity index is 1.80. The van der Waals surface area contributed by atoms with Gasteiger partial charge in [-0.1, -0.05) is 24.8 Å². The first-order chi connectivity index (χ1) is 12.0. The van der Waals surface area contributed by atoms with E-state index in [2.05, 4.69) is 17.2 Å². The molecule has 0 aliphatic heterocycles. The molecular weight excluding hydrogens is 316 g/mol. The summed E-state index contributed by atoms with van der Waals surface area (Å²) in [6, 6.07) is 9.79. The van der Waals surface area contributed by atoms with Gasteiger partial charge in [0.2, 0.25) is 5.91 Å². The molecule has 6 nitrogen and oxygen atoms in total. The summed E-state index contributed by atoms with van der Waals surface area (Å²) in [6.45, 7) is 4.05. The minimum atomic E-state index is -0.294. The molecule has 0 saturated heterocycles. The monoisotopic (exact) mass is 336 g/mol. The number of carbonyl (C=O) groups is 1. The van der Waals surface area contributed by atoms with Gasteiger partial charge in [-0.3, -0.25) is 9.59 Å². The molecule has 2 aromatic rings. The molecule has 1 heterocycles. The van der Waals surface area contributed by atoms with Crippen molar-refractivity contribution in [3.63, 3.8) is 0 Å². The number of hydrogen-bond donors (Lipinski definition) is 2. The molecule has 3 rings (SSSR count). The van der Waals surface area contributed by atoms with E-state index in [4.69, 9.17) is 0 Å². The second kappa shape index (κ2) is 6.81. The summed E-state index contributed by atoms with van der Waals surface area (Å²) >= 11 is 0. The van der Waals surface area contributed by atoms with E-state index in [0.717, 1.165) is 23.7 Å². The third-order valence-corrected chi connectivity index (χ3v) is 4.75.